The molecule has 0 aromatic heterocycles. The Labute approximate surface area is 127 Å². The standard InChI is InChI=1S/C17H27NO3/c1-14-5-2-8-17(11-14)21-13-16(20)12-18-9-3-6-15(18)7-4-10-19/h2,5,8,11,15-16,19-20H,3-4,6-7,9-10,12-13H2,1H3. The maximum absolute atomic E-state index is 10.2. The molecule has 2 unspecified atom stereocenters. The summed E-state index contributed by atoms with van der Waals surface area (Å²) in [5.41, 5.74) is 1.16. The highest BCUT2D eigenvalue weighted by molar-refractivity contribution is 5.27. The first-order valence-electron chi connectivity index (χ1n) is 7.91. The summed E-state index contributed by atoms with van der Waals surface area (Å²) in [6.07, 6.45) is 3.74. The van der Waals surface area contributed by atoms with Gasteiger partial charge in [-0.25, -0.2) is 0 Å². The van der Waals surface area contributed by atoms with Gasteiger partial charge in [0.2, 0.25) is 0 Å². The molecule has 4 heteroatoms. The molecule has 1 fully saturated rings. The fourth-order valence-electron chi connectivity index (χ4n) is 3.01. The summed E-state index contributed by atoms with van der Waals surface area (Å²) in [7, 11) is 0. The molecule has 118 valence electrons. The van der Waals surface area contributed by atoms with Crippen LogP contribution in [0.2, 0.25) is 0 Å². The lowest BCUT2D eigenvalue weighted by atomic mass is 10.1. The van der Waals surface area contributed by atoms with Crippen LogP contribution in [0.1, 0.15) is 31.2 Å². The summed E-state index contributed by atoms with van der Waals surface area (Å²) >= 11 is 0. The normalized spacial score (nSPS) is 20.6. The van der Waals surface area contributed by atoms with Gasteiger partial charge in [0.1, 0.15) is 18.5 Å². The molecule has 2 rings (SSSR count). The van der Waals surface area contributed by atoms with Crippen molar-refractivity contribution < 1.29 is 14.9 Å². The number of nitrogens with zero attached hydrogens (tertiary/aromatic N) is 1. The predicted molar refractivity (Wildman–Crippen MR) is 83.6 cm³/mol. The number of aryl methyl sites for hydroxylation is 1. The predicted octanol–water partition coefficient (Wildman–Crippen LogP) is 1.97. The smallest absolute Gasteiger partial charge is 0.119 e. The number of aliphatic hydroxyl groups excluding tert-OH is 2. The van der Waals surface area contributed by atoms with Crippen molar-refractivity contribution in [3.8, 4) is 5.75 Å². The summed E-state index contributed by atoms with van der Waals surface area (Å²) in [5.74, 6) is 0.812. The molecule has 0 spiro atoms. The van der Waals surface area contributed by atoms with Crippen molar-refractivity contribution in [1.29, 1.82) is 0 Å². The highest BCUT2D eigenvalue weighted by Crippen LogP contribution is 2.21. The molecule has 0 saturated carbocycles. The van der Waals surface area contributed by atoms with Crippen LogP contribution in [0.3, 0.4) is 0 Å². The second kappa shape index (κ2) is 8.37. The highest BCUT2D eigenvalue weighted by Gasteiger charge is 2.25. The molecule has 1 aromatic carbocycles. The maximum atomic E-state index is 10.2. The van der Waals surface area contributed by atoms with E-state index in [4.69, 9.17) is 9.84 Å². The van der Waals surface area contributed by atoms with Crippen molar-refractivity contribution in [3.63, 3.8) is 0 Å². The zero-order chi connectivity index (χ0) is 15.1. The molecule has 0 bridgehead atoms. The molecular formula is C17H27NO3. The number of rotatable bonds is 8. The first kappa shape index (κ1) is 16.3. The van der Waals surface area contributed by atoms with Crippen LogP contribution in [-0.2, 0) is 0 Å². The van der Waals surface area contributed by atoms with Crippen molar-refractivity contribution in [3.05, 3.63) is 29.8 Å². The maximum Gasteiger partial charge on any atom is 0.119 e. The van der Waals surface area contributed by atoms with Gasteiger partial charge in [0.05, 0.1) is 0 Å². The molecule has 1 aliphatic rings. The van der Waals surface area contributed by atoms with E-state index in [1.807, 2.05) is 31.2 Å². The number of ether oxygens (including phenoxy) is 1. The van der Waals surface area contributed by atoms with E-state index < -0.39 is 6.10 Å². The molecular weight excluding hydrogens is 266 g/mol. The molecule has 21 heavy (non-hydrogen) atoms. The Balaban J connectivity index is 1.74. The second-order valence-corrected chi connectivity index (χ2v) is 5.94. The SMILES string of the molecule is Cc1cccc(OCC(O)CN2CCCC2CCCO)c1. The molecule has 2 atom stereocenters. The zero-order valence-corrected chi connectivity index (χ0v) is 12.9. The van der Waals surface area contributed by atoms with Crippen molar-refractivity contribution in [1.82, 2.24) is 4.90 Å². The minimum Gasteiger partial charge on any atom is -0.491 e. The van der Waals surface area contributed by atoms with Crippen molar-refractivity contribution >= 4 is 0 Å². The van der Waals surface area contributed by atoms with Crippen LogP contribution in [0.15, 0.2) is 24.3 Å². The molecule has 0 aliphatic carbocycles. The summed E-state index contributed by atoms with van der Waals surface area (Å²) in [6, 6.07) is 8.39. The second-order valence-electron chi connectivity index (χ2n) is 5.94. The third kappa shape index (κ3) is 5.30. The third-order valence-electron chi connectivity index (χ3n) is 4.07. The minimum absolute atomic E-state index is 0.253. The minimum atomic E-state index is -0.472. The number of hydrogen-bond donors (Lipinski definition) is 2. The van der Waals surface area contributed by atoms with E-state index >= 15 is 0 Å². The topological polar surface area (TPSA) is 52.9 Å². The Morgan fingerprint density at radius 2 is 2.29 bits per heavy atom. The van der Waals surface area contributed by atoms with Gasteiger partial charge in [-0.2, -0.15) is 0 Å². The van der Waals surface area contributed by atoms with Gasteiger partial charge in [-0.15, -0.1) is 0 Å². The molecule has 1 aliphatic heterocycles. The van der Waals surface area contributed by atoms with Gasteiger partial charge in [-0.3, -0.25) is 4.90 Å². The Kier molecular flexibility index (Phi) is 6.49. The summed E-state index contributed by atoms with van der Waals surface area (Å²) in [5, 5.41) is 19.1. The van der Waals surface area contributed by atoms with Gasteiger partial charge in [-0.05, 0) is 56.8 Å². The van der Waals surface area contributed by atoms with Gasteiger partial charge in [0.15, 0.2) is 0 Å². The first-order chi connectivity index (χ1) is 10.2. The molecule has 1 heterocycles. The zero-order valence-electron chi connectivity index (χ0n) is 12.9. The van der Waals surface area contributed by atoms with Crippen molar-refractivity contribution in [2.24, 2.45) is 0 Å². The van der Waals surface area contributed by atoms with Crippen LogP contribution in [0.5, 0.6) is 5.75 Å². The van der Waals surface area contributed by atoms with Crippen LogP contribution in [-0.4, -0.2) is 53.6 Å². The molecule has 4 nitrogen and oxygen atoms in total. The largest absolute Gasteiger partial charge is 0.491 e. The molecule has 2 N–H and O–H groups in total. The van der Waals surface area contributed by atoms with E-state index in [1.165, 1.54) is 12.8 Å². The van der Waals surface area contributed by atoms with E-state index in [0.29, 0.717) is 19.2 Å². The lowest BCUT2D eigenvalue weighted by molar-refractivity contribution is 0.0617. The summed E-state index contributed by atoms with van der Waals surface area (Å²) in [4.78, 5) is 2.33. The van der Waals surface area contributed by atoms with Crippen LogP contribution in [0.4, 0.5) is 0 Å². The summed E-state index contributed by atoms with van der Waals surface area (Å²) < 4.78 is 5.66. The number of β-amino-alcohol motifs (C(OH)–C–C–N with tert-alkyl or cyclic N) is 1. The first-order valence-corrected chi connectivity index (χ1v) is 7.91. The molecule has 0 amide bonds. The lowest BCUT2D eigenvalue weighted by Gasteiger charge is -2.26. The van der Waals surface area contributed by atoms with Gasteiger partial charge < -0.3 is 14.9 Å². The Morgan fingerprint density at radius 3 is 3.05 bits per heavy atom. The Bertz CT molecular complexity index is 424. The molecule has 1 aromatic rings. The average Bonchev–Trinajstić information content (AvgIpc) is 2.90. The average molecular weight is 293 g/mol. The van der Waals surface area contributed by atoms with Crippen LogP contribution >= 0.6 is 0 Å². The Hall–Kier alpha value is -1.10. The highest BCUT2D eigenvalue weighted by atomic mass is 16.5. The fourth-order valence-corrected chi connectivity index (χ4v) is 3.01. The van der Waals surface area contributed by atoms with E-state index in [1.54, 1.807) is 0 Å². The molecule has 1 saturated heterocycles. The van der Waals surface area contributed by atoms with Crippen molar-refractivity contribution in [2.45, 2.75) is 44.8 Å². The van der Waals surface area contributed by atoms with Crippen LogP contribution in [0.25, 0.3) is 0 Å². The van der Waals surface area contributed by atoms with Gasteiger partial charge in [0, 0.05) is 19.2 Å². The van der Waals surface area contributed by atoms with Crippen LogP contribution in [0, 0.1) is 6.92 Å². The number of aliphatic hydroxyl groups is 2. The van der Waals surface area contributed by atoms with E-state index in [0.717, 1.165) is 30.7 Å². The monoisotopic (exact) mass is 293 g/mol. The van der Waals surface area contributed by atoms with Crippen molar-refractivity contribution in [2.75, 3.05) is 26.3 Å². The van der Waals surface area contributed by atoms with Gasteiger partial charge in [-0.1, -0.05) is 12.1 Å². The third-order valence-corrected chi connectivity index (χ3v) is 4.07. The molecule has 0 radical (unpaired) electrons. The summed E-state index contributed by atoms with van der Waals surface area (Å²) in [6.45, 7) is 4.30. The quantitative estimate of drug-likeness (QED) is 0.769. The Morgan fingerprint density at radius 1 is 1.43 bits per heavy atom. The number of likely N-dealkylation sites (tertiary alicyclic amines) is 1. The van der Waals surface area contributed by atoms with Gasteiger partial charge >= 0.3 is 0 Å². The number of benzene rings is 1. The lowest BCUT2D eigenvalue weighted by Crippen LogP contribution is -2.38. The fraction of sp³-hybridized carbons (Fsp3) is 0.647. The number of hydrogen-bond acceptors (Lipinski definition) is 4. The van der Waals surface area contributed by atoms with E-state index in [2.05, 4.69) is 4.90 Å². The van der Waals surface area contributed by atoms with Gasteiger partial charge in [0.25, 0.3) is 0 Å². The van der Waals surface area contributed by atoms with E-state index in [9.17, 15) is 5.11 Å². The van der Waals surface area contributed by atoms with Crippen LogP contribution < -0.4 is 4.74 Å². The van der Waals surface area contributed by atoms with E-state index in [-0.39, 0.29) is 6.61 Å².